The van der Waals surface area contributed by atoms with Gasteiger partial charge in [0, 0.05) is 0 Å². The Balaban J connectivity index is 3.05. The van der Waals surface area contributed by atoms with Crippen LogP contribution in [0.15, 0.2) is 12.2 Å². The van der Waals surface area contributed by atoms with Gasteiger partial charge >= 0.3 is 6.03 Å². The zero-order chi connectivity index (χ0) is 11.5. The van der Waals surface area contributed by atoms with Crippen LogP contribution in [-0.2, 0) is 9.59 Å². The number of nitrogens with one attached hydrogen (secondary N) is 2. The van der Waals surface area contributed by atoms with Gasteiger partial charge < -0.3 is 0 Å². The maximum atomic E-state index is 11.6. The third-order valence-corrected chi connectivity index (χ3v) is 2.46. The van der Waals surface area contributed by atoms with Crippen LogP contribution in [0.4, 0.5) is 4.79 Å². The van der Waals surface area contributed by atoms with Crippen LogP contribution in [0.2, 0.25) is 0 Å². The van der Waals surface area contributed by atoms with Crippen LogP contribution < -0.4 is 10.6 Å². The summed E-state index contributed by atoms with van der Waals surface area (Å²) in [4.78, 5) is 34.1. The van der Waals surface area contributed by atoms with E-state index < -0.39 is 23.3 Å². The SMILES string of the molecule is CC/C=C/C1(CC)C(=O)NC(=O)NC1=O. The van der Waals surface area contributed by atoms with Crippen molar-refractivity contribution in [2.75, 3.05) is 0 Å². The van der Waals surface area contributed by atoms with Crippen LogP contribution in [0, 0.1) is 5.41 Å². The first kappa shape index (κ1) is 11.4. The van der Waals surface area contributed by atoms with Crippen molar-refractivity contribution in [3.63, 3.8) is 0 Å². The maximum absolute atomic E-state index is 11.6. The molecule has 0 aliphatic carbocycles. The van der Waals surface area contributed by atoms with Crippen LogP contribution in [0.5, 0.6) is 0 Å². The minimum Gasteiger partial charge on any atom is -0.277 e. The van der Waals surface area contributed by atoms with Crippen molar-refractivity contribution in [3.8, 4) is 0 Å². The highest BCUT2D eigenvalue weighted by atomic mass is 16.2. The lowest BCUT2D eigenvalue weighted by molar-refractivity contribution is -0.141. The molecule has 0 aromatic rings. The van der Waals surface area contributed by atoms with Crippen LogP contribution >= 0.6 is 0 Å². The molecule has 1 saturated heterocycles. The molecule has 1 aliphatic heterocycles. The van der Waals surface area contributed by atoms with E-state index in [1.807, 2.05) is 6.92 Å². The summed E-state index contributed by atoms with van der Waals surface area (Å²) >= 11 is 0. The van der Waals surface area contributed by atoms with E-state index in [1.165, 1.54) is 0 Å². The lowest BCUT2D eigenvalue weighted by Gasteiger charge is -2.30. The Morgan fingerprint density at radius 3 is 2.07 bits per heavy atom. The number of amides is 4. The second-order valence-corrected chi connectivity index (χ2v) is 3.37. The zero-order valence-corrected chi connectivity index (χ0v) is 8.79. The lowest BCUT2D eigenvalue weighted by atomic mass is 9.81. The fraction of sp³-hybridized carbons (Fsp3) is 0.500. The van der Waals surface area contributed by atoms with Gasteiger partial charge in [-0.1, -0.05) is 26.0 Å². The summed E-state index contributed by atoms with van der Waals surface area (Å²) in [6.45, 7) is 3.64. The Hall–Kier alpha value is -1.65. The molecule has 0 radical (unpaired) electrons. The molecule has 1 rings (SSSR count). The minimum atomic E-state index is -1.23. The van der Waals surface area contributed by atoms with Crippen molar-refractivity contribution in [3.05, 3.63) is 12.2 Å². The first-order valence-electron chi connectivity index (χ1n) is 4.91. The second kappa shape index (κ2) is 4.25. The zero-order valence-electron chi connectivity index (χ0n) is 8.79. The Morgan fingerprint density at radius 1 is 1.13 bits per heavy atom. The quantitative estimate of drug-likeness (QED) is 0.532. The van der Waals surface area contributed by atoms with Gasteiger partial charge in [0.25, 0.3) is 0 Å². The minimum absolute atomic E-state index is 0.328. The van der Waals surface area contributed by atoms with E-state index in [2.05, 4.69) is 10.6 Å². The largest absolute Gasteiger partial charge is 0.328 e. The highest BCUT2D eigenvalue weighted by Gasteiger charge is 2.46. The first-order valence-corrected chi connectivity index (χ1v) is 4.91. The van der Waals surface area contributed by atoms with E-state index in [-0.39, 0.29) is 0 Å². The fourth-order valence-corrected chi connectivity index (χ4v) is 1.47. The predicted molar refractivity (Wildman–Crippen MR) is 53.8 cm³/mol. The van der Waals surface area contributed by atoms with E-state index in [0.29, 0.717) is 6.42 Å². The summed E-state index contributed by atoms with van der Waals surface area (Å²) in [6.07, 6.45) is 4.37. The van der Waals surface area contributed by atoms with Crippen molar-refractivity contribution >= 4 is 17.8 Å². The van der Waals surface area contributed by atoms with Crippen LogP contribution in [0.3, 0.4) is 0 Å². The predicted octanol–water partition coefficient (Wildman–Crippen LogP) is 0.715. The lowest BCUT2D eigenvalue weighted by Crippen LogP contribution is -2.61. The summed E-state index contributed by atoms with van der Waals surface area (Å²) < 4.78 is 0. The van der Waals surface area contributed by atoms with E-state index >= 15 is 0 Å². The molecule has 1 heterocycles. The molecule has 0 aromatic carbocycles. The van der Waals surface area contributed by atoms with Gasteiger partial charge in [0.2, 0.25) is 11.8 Å². The van der Waals surface area contributed by atoms with Crippen molar-refractivity contribution < 1.29 is 14.4 Å². The smallest absolute Gasteiger partial charge is 0.277 e. The number of barbiturate groups is 1. The van der Waals surface area contributed by atoms with E-state index in [4.69, 9.17) is 0 Å². The Kier molecular flexibility index (Phi) is 3.24. The molecule has 0 saturated carbocycles. The van der Waals surface area contributed by atoms with Crippen molar-refractivity contribution in [1.29, 1.82) is 0 Å². The number of carbonyl (C=O) groups is 3. The number of rotatable bonds is 3. The molecule has 82 valence electrons. The average molecular weight is 210 g/mol. The summed E-state index contributed by atoms with van der Waals surface area (Å²) in [7, 11) is 0. The Morgan fingerprint density at radius 2 is 1.67 bits per heavy atom. The molecule has 2 N–H and O–H groups in total. The highest BCUT2D eigenvalue weighted by Crippen LogP contribution is 2.26. The third-order valence-electron chi connectivity index (χ3n) is 2.46. The van der Waals surface area contributed by atoms with Crippen LogP contribution in [0.1, 0.15) is 26.7 Å². The third kappa shape index (κ3) is 1.91. The van der Waals surface area contributed by atoms with E-state index in [0.717, 1.165) is 6.42 Å². The van der Waals surface area contributed by atoms with Gasteiger partial charge in [0.05, 0.1) is 0 Å². The number of imide groups is 2. The molecule has 0 unspecified atom stereocenters. The molecule has 1 fully saturated rings. The fourth-order valence-electron chi connectivity index (χ4n) is 1.47. The maximum Gasteiger partial charge on any atom is 0.328 e. The molecular weight excluding hydrogens is 196 g/mol. The molecule has 5 heteroatoms. The monoisotopic (exact) mass is 210 g/mol. The summed E-state index contributed by atoms with van der Waals surface area (Å²) in [5.74, 6) is -1.10. The average Bonchev–Trinajstić information content (AvgIpc) is 2.17. The Labute approximate surface area is 87.9 Å². The summed E-state index contributed by atoms with van der Waals surface area (Å²) in [5, 5.41) is 4.20. The van der Waals surface area contributed by atoms with Gasteiger partial charge in [-0.25, -0.2) is 4.79 Å². The molecule has 0 aromatic heterocycles. The Bertz CT molecular complexity index is 314. The van der Waals surface area contributed by atoms with Gasteiger partial charge in [-0.05, 0) is 12.8 Å². The van der Waals surface area contributed by atoms with Gasteiger partial charge in [0.1, 0.15) is 5.41 Å². The molecule has 5 nitrogen and oxygen atoms in total. The molecule has 0 spiro atoms. The standard InChI is InChI=1S/C10H14N2O3/c1-3-5-6-10(4-2)7(13)11-9(15)12-8(10)14/h5-6H,3-4H2,1-2H3,(H2,11,12,13,14,15)/b6-5+. The second-order valence-electron chi connectivity index (χ2n) is 3.37. The molecule has 4 amide bonds. The molecule has 0 atom stereocenters. The number of carbonyl (C=O) groups excluding carboxylic acids is 3. The highest BCUT2D eigenvalue weighted by molar-refractivity contribution is 6.20. The number of hydrogen-bond acceptors (Lipinski definition) is 3. The van der Waals surface area contributed by atoms with E-state index in [1.54, 1.807) is 19.1 Å². The molecule has 1 aliphatic rings. The number of allylic oxidation sites excluding steroid dienone is 1. The first-order chi connectivity index (χ1) is 7.06. The molecular formula is C10H14N2O3. The van der Waals surface area contributed by atoms with E-state index in [9.17, 15) is 14.4 Å². The summed E-state index contributed by atoms with van der Waals surface area (Å²) in [6, 6.07) is -0.751. The van der Waals surface area contributed by atoms with Gasteiger partial charge in [-0.15, -0.1) is 0 Å². The molecule has 15 heavy (non-hydrogen) atoms. The number of hydrogen-bond donors (Lipinski definition) is 2. The van der Waals surface area contributed by atoms with Crippen molar-refractivity contribution in [1.82, 2.24) is 10.6 Å². The summed E-state index contributed by atoms with van der Waals surface area (Å²) in [5.41, 5.74) is -1.23. The number of urea groups is 1. The van der Waals surface area contributed by atoms with Crippen molar-refractivity contribution in [2.45, 2.75) is 26.7 Å². The molecule has 0 bridgehead atoms. The van der Waals surface area contributed by atoms with Gasteiger partial charge in [-0.3, -0.25) is 20.2 Å². The van der Waals surface area contributed by atoms with Gasteiger partial charge in [-0.2, -0.15) is 0 Å². The van der Waals surface area contributed by atoms with Crippen molar-refractivity contribution in [2.24, 2.45) is 5.41 Å². The topological polar surface area (TPSA) is 75.3 Å². The van der Waals surface area contributed by atoms with Crippen LogP contribution in [0.25, 0.3) is 0 Å². The van der Waals surface area contributed by atoms with Crippen LogP contribution in [-0.4, -0.2) is 17.8 Å². The van der Waals surface area contributed by atoms with Gasteiger partial charge in [0.15, 0.2) is 0 Å². The normalized spacial score (nSPS) is 20.3.